The summed E-state index contributed by atoms with van der Waals surface area (Å²) in [6.45, 7) is 0.886. The van der Waals surface area contributed by atoms with Crippen molar-refractivity contribution in [2.45, 2.75) is 19.7 Å². The molecule has 19 heavy (non-hydrogen) atoms. The lowest BCUT2D eigenvalue weighted by Gasteiger charge is -2.09. The lowest BCUT2D eigenvalue weighted by molar-refractivity contribution is -0.137. The van der Waals surface area contributed by atoms with Crippen LogP contribution in [-0.4, -0.2) is 16.0 Å². The molecule has 0 unspecified atom stereocenters. The molecule has 0 aliphatic rings. The largest absolute Gasteiger partial charge is 0.416 e. The number of rotatable bonds is 2. The maximum atomic E-state index is 12.5. The molecule has 1 aromatic carbocycles. The smallest absolute Gasteiger partial charge is 0.392 e. The quantitative estimate of drug-likeness (QED) is 0.850. The number of aliphatic hydroxyl groups is 1. The second-order valence-electron chi connectivity index (χ2n) is 3.61. The van der Waals surface area contributed by atoms with Gasteiger partial charge in [0.05, 0.1) is 17.9 Å². The molecule has 0 fully saturated rings. The highest BCUT2D eigenvalue weighted by atomic mass is 32.2. The molecule has 0 saturated carbocycles. The Morgan fingerprint density at radius 2 is 2.11 bits per heavy atom. The number of hydrogen-bond donors (Lipinski definition) is 1. The third kappa shape index (κ3) is 4.97. The Morgan fingerprint density at radius 3 is 2.63 bits per heavy atom. The van der Waals surface area contributed by atoms with E-state index in [0.717, 1.165) is 23.9 Å². The third-order valence-corrected chi connectivity index (χ3v) is 2.87. The summed E-state index contributed by atoms with van der Waals surface area (Å²) in [7, 11) is 0. The minimum absolute atomic E-state index is 0.0795. The highest BCUT2D eigenvalue weighted by Crippen LogP contribution is 2.30. The fourth-order valence-corrected chi connectivity index (χ4v) is 1.64. The van der Waals surface area contributed by atoms with Crippen molar-refractivity contribution in [3.05, 3.63) is 34.9 Å². The van der Waals surface area contributed by atoms with Crippen LogP contribution >= 0.6 is 11.8 Å². The van der Waals surface area contributed by atoms with Gasteiger partial charge in [-0.25, -0.2) is 0 Å². The Labute approximate surface area is 113 Å². The molecule has 0 aliphatic carbocycles. The first-order valence-corrected chi connectivity index (χ1v) is 6.26. The second kappa shape index (κ2) is 6.64. The summed E-state index contributed by atoms with van der Waals surface area (Å²) in [6.07, 6.45) is -4.44. The maximum absolute atomic E-state index is 12.5. The highest BCUT2D eigenvalue weighted by Gasteiger charge is 2.30. The van der Waals surface area contributed by atoms with Crippen molar-refractivity contribution in [3.63, 3.8) is 0 Å². The highest BCUT2D eigenvalue weighted by molar-refractivity contribution is 8.13. The van der Waals surface area contributed by atoms with Crippen LogP contribution in [0.1, 0.15) is 23.6 Å². The molecule has 6 heteroatoms. The molecule has 1 N–H and O–H groups in total. The van der Waals surface area contributed by atoms with Gasteiger partial charge in [-0.15, -0.1) is 0 Å². The Balaban J connectivity index is 2.93. The molecule has 0 amide bonds. The van der Waals surface area contributed by atoms with Crippen molar-refractivity contribution < 1.29 is 23.1 Å². The van der Waals surface area contributed by atoms with Crippen LogP contribution in [0.2, 0.25) is 0 Å². The van der Waals surface area contributed by atoms with Gasteiger partial charge >= 0.3 is 6.18 Å². The zero-order valence-corrected chi connectivity index (χ0v) is 10.9. The monoisotopic (exact) mass is 288 g/mol. The first-order valence-electron chi connectivity index (χ1n) is 5.28. The SMILES string of the molecule is CC(=O)SCC#Cc1ccc(C(F)(F)F)cc1CO. The summed E-state index contributed by atoms with van der Waals surface area (Å²) < 4.78 is 37.4. The summed E-state index contributed by atoms with van der Waals surface area (Å²) in [5.41, 5.74) is -0.366. The van der Waals surface area contributed by atoms with E-state index in [1.807, 2.05) is 0 Å². The van der Waals surface area contributed by atoms with Crippen molar-refractivity contribution in [1.82, 2.24) is 0 Å². The van der Waals surface area contributed by atoms with Gasteiger partial charge in [0.1, 0.15) is 0 Å². The van der Waals surface area contributed by atoms with Crippen LogP contribution < -0.4 is 0 Å². The molecule has 0 aliphatic heterocycles. The zero-order valence-electron chi connectivity index (χ0n) is 10.0. The third-order valence-electron chi connectivity index (χ3n) is 2.17. The van der Waals surface area contributed by atoms with Gasteiger partial charge in [0, 0.05) is 12.5 Å². The lowest BCUT2D eigenvalue weighted by atomic mass is 10.0. The zero-order chi connectivity index (χ0) is 14.5. The van der Waals surface area contributed by atoms with Crippen molar-refractivity contribution in [3.8, 4) is 11.8 Å². The first-order chi connectivity index (χ1) is 8.84. The van der Waals surface area contributed by atoms with E-state index in [0.29, 0.717) is 5.56 Å². The van der Waals surface area contributed by atoms with Gasteiger partial charge in [-0.3, -0.25) is 4.79 Å². The Morgan fingerprint density at radius 1 is 1.42 bits per heavy atom. The molecule has 2 nitrogen and oxygen atoms in total. The summed E-state index contributed by atoms with van der Waals surface area (Å²) in [5, 5.41) is 8.98. The van der Waals surface area contributed by atoms with E-state index in [9.17, 15) is 18.0 Å². The number of hydrogen-bond acceptors (Lipinski definition) is 3. The van der Waals surface area contributed by atoms with E-state index in [1.54, 1.807) is 0 Å². The van der Waals surface area contributed by atoms with Gasteiger partial charge in [0.2, 0.25) is 0 Å². The van der Waals surface area contributed by atoms with E-state index in [4.69, 9.17) is 5.11 Å². The fraction of sp³-hybridized carbons (Fsp3) is 0.308. The standard InChI is InChI=1S/C13H11F3O2S/c1-9(18)19-6-2-3-10-4-5-12(13(14,15)16)7-11(10)8-17/h4-5,7,17H,6,8H2,1H3. The summed E-state index contributed by atoms with van der Waals surface area (Å²) in [5.74, 6) is 5.58. The van der Waals surface area contributed by atoms with E-state index in [1.165, 1.54) is 13.0 Å². The van der Waals surface area contributed by atoms with Gasteiger partial charge in [-0.05, 0) is 23.8 Å². The van der Waals surface area contributed by atoms with Crippen LogP contribution in [-0.2, 0) is 17.6 Å². The van der Waals surface area contributed by atoms with E-state index in [2.05, 4.69) is 11.8 Å². The van der Waals surface area contributed by atoms with Crippen molar-refractivity contribution >= 4 is 16.9 Å². The number of carbonyl (C=O) groups is 1. The molecule has 0 spiro atoms. The summed E-state index contributed by atoms with van der Waals surface area (Å²) in [6, 6.07) is 3.02. The number of halogens is 3. The topological polar surface area (TPSA) is 37.3 Å². The Hall–Kier alpha value is -1.45. The van der Waals surface area contributed by atoms with Crippen LogP contribution in [0.15, 0.2) is 18.2 Å². The van der Waals surface area contributed by atoms with E-state index in [-0.39, 0.29) is 16.4 Å². The van der Waals surface area contributed by atoms with Gasteiger partial charge in [0.25, 0.3) is 0 Å². The normalized spacial score (nSPS) is 10.8. The Kier molecular flexibility index (Phi) is 5.45. The van der Waals surface area contributed by atoms with Crippen molar-refractivity contribution in [1.29, 1.82) is 0 Å². The number of thioether (sulfide) groups is 1. The fourth-order valence-electron chi connectivity index (χ4n) is 1.29. The molecule has 0 atom stereocenters. The predicted molar refractivity (Wildman–Crippen MR) is 67.4 cm³/mol. The van der Waals surface area contributed by atoms with Crippen LogP contribution in [0.25, 0.3) is 0 Å². The van der Waals surface area contributed by atoms with Crippen LogP contribution in [0.5, 0.6) is 0 Å². The molecule has 0 saturated heterocycles. The summed E-state index contributed by atoms with van der Waals surface area (Å²) >= 11 is 1.02. The van der Waals surface area contributed by atoms with Crippen LogP contribution in [0.4, 0.5) is 13.2 Å². The molecular formula is C13H11F3O2S. The minimum Gasteiger partial charge on any atom is -0.392 e. The number of carbonyl (C=O) groups excluding carboxylic acids is 1. The molecule has 0 heterocycles. The predicted octanol–water partition coefficient (Wildman–Crippen LogP) is 2.83. The van der Waals surface area contributed by atoms with Crippen LogP contribution in [0, 0.1) is 11.8 Å². The molecule has 1 rings (SSSR count). The van der Waals surface area contributed by atoms with Crippen LogP contribution in [0.3, 0.4) is 0 Å². The minimum atomic E-state index is -4.44. The van der Waals surface area contributed by atoms with E-state index < -0.39 is 18.3 Å². The van der Waals surface area contributed by atoms with Gasteiger partial charge in [-0.1, -0.05) is 23.6 Å². The van der Waals surface area contributed by atoms with Gasteiger partial charge in [-0.2, -0.15) is 13.2 Å². The number of alkyl halides is 3. The Bertz CT molecular complexity index is 527. The van der Waals surface area contributed by atoms with Gasteiger partial charge in [0.15, 0.2) is 5.12 Å². The average Bonchev–Trinajstić information content (AvgIpc) is 2.33. The molecule has 0 aromatic heterocycles. The average molecular weight is 288 g/mol. The van der Waals surface area contributed by atoms with Crippen molar-refractivity contribution in [2.75, 3.05) is 5.75 Å². The van der Waals surface area contributed by atoms with Crippen molar-refractivity contribution in [2.24, 2.45) is 0 Å². The molecule has 1 aromatic rings. The maximum Gasteiger partial charge on any atom is 0.416 e. The molecule has 0 bridgehead atoms. The second-order valence-corrected chi connectivity index (χ2v) is 4.76. The molecule has 0 radical (unpaired) electrons. The first kappa shape index (κ1) is 15.6. The number of benzene rings is 1. The lowest BCUT2D eigenvalue weighted by Crippen LogP contribution is -2.06. The summed E-state index contributed by atoms with van der Waals surface area (Å²) in [4.78, 5) is 10.7. The molecule has 102 valence electrons. The molecular weight excluding hydrogens is 277 g/mol. The number of aliphatic hydroxyl groups excluding tert-OH is 1. The van der Waals surface area contributed by atoms with Gasteiger partial charge < -0.3 is 5.11 Å². The van der Waals surface area contributed by atoms with E-state index >= 15 is 0 Å².